The van der Waals surface area contributed by atoms with E-state index < -0.39 is 5.97 Å². The zero-order valence-electron chi connectivity index (χ0n) is 9.03. The molecule has 0 amide bonds. The quantitative estimate of drug-likeness (QED) is 0.772. The van der Waals surface area contributed by atoms with Crippen LogP contribution in [0.2, 0.25) is 0 Å². The highest BCUT2D eigenvalue weighted by Gasteiger charge is 2.12. The predicted octanol–water partition coefficient (Wildman–Crippen LogP) is 1.98. The van der Waals surface area contributed by atoms with Crippen LogP contribution in [0.1, 0.15) is 21.5 Å². The second-order valence-electron chi connectivity index (χ2n) is 3.29. The first-order valence-electron chi connectivity index (χ1n) is 4.52. The van der Waals surface area contributed by atoms with Gasteiger partial charge in [-0.15, -0.1) is 0 Å². The summed E-state index contributed by atoms with van der Waals surface area (Å²) in [7, 11) is 1.53. The maximum Gasteiger partial charge on any atom is 0.336 e. The molecule has 0 fully saturated rings. The second kappa shape index (κ2) is 4.79. The van der Waals surface area contributed by atoms with Gasteiger partial charge < -0.3 is 14.6 Å². The summed E-state index contributed by atoms with van der Waals surface area (Å²) in [5.41, 5.74) is 1.71. The first-order valence-corrected chi connectivity index (χ1v) is 4.52. The van der Waals surface area contributed by atoms with Crippen molar-refractivity contribution < 1.29 is 19.4 Å². The molecule has 4 nitrogen and oxygen atoms in total. The molecule has 1 aromatic rings. The third-order valence-electron chi connectivity index (χ3n) is 2.06. The molecule has 4 heteroatoms. The van der Waals surface area contributed by atoms with Gasteiger partial charge in [-0.25, -0.2) is 4.79 Å². The molecule has 82 valence electrons. The molecule has 1 aromatic carbocycles. The van der Waals surface area contributed by atoms with Crippen LogP contribution in [0.4, 0.5) is 0 Å². The molecular weight excluding hydrogens is 196 g/mol. The van der Waals surface area contributed by atoms with Crippen LogP contribution >= 0.6 is 0 Å². The fourth-order valence-corrected chi connectivity index (χ4v) is 1.47. The van der Waals surface area contributed by atoms with Crippen LogP contribution in [-0.4, -0.2) is 25.0 Å². The normalized spacial score (nSPS) is 10.1. The maximum absolute atomic E-state index is 10.9. The Hall–Kier alpha value is -1.55. The minimum Gasteiger partial charge on any atom is -0.478 e. The SMILES string of the molecule is COCOc1cc(C)c(C(=O)O)c(C)c1. The molecule has 0 bridgehead atoms. The molecule has 1 N–H and O–H groups in total. The molecule has 0 aliphatic carbocycles. The standard InChI is InChI=1S/C11H14O4/c1-7-4-9(15-6-14-3)5-8(2)10(7)11(12)13/h4-5H,6H2,1-3H3,(H,12,13). The van der Waals surface area contributed by atoms with Crippen molar-refractivity contribution in [3.05, 3.63) is 28.8 Å². The van der Waals surface area contributed by atoms with E-state index in [1.54, 1.807) is 26.0 Å². The number of ether oxygens (including phenoxy) is 2. The van der Waals surface area contributed by atoms with E-state index in [9.17, 15) is 4.79 Å². The van der Waals surface area contributed by atoms with E-state index >= 15 is 0 Å². The van der Waals surface area contributed by atoms with Gasteiger partial charge in [-0.2, -0.15) is 0 Å². The van der Waals surface area contributed by atoms with Crippen molar-refractivity contribution >= 4 is 5.97 Å². The molecule has 0 saturated carbocycles. The van der Waals surface area contributed by atoms with Crippen molar-refractivity contribution in [2.75, 3.05) is 13.9 Å². The summed E-state index contributed by atoms with van der Waals surface area (Å²) in [6, 6.07) is 3.38. The Kier molecular flexibility index (Phi) is 3.68. The summed E-state index contributed by atoms with van der Waals surface area (Å²) in [5.74, 6) is -0.292. The Bertz CT molecular complexity index is 348. The van der Waals surface area contributed by atoms with Crippen molar-refractivity contribution in [3.63, 3.8) is 0 Å². The van der Waals surface area contributed by atoms with Crippen molar-refractivity contribution in [1.29, 1.82) is 0 Å². The molecule has 1 rings (SSSR count). The van der Waals surface area contributed by atoms with Gasteiger partial charge >= 0.3 is 5.97 Å². The molecule has 0 spiro atoms. The van der Waals surface area contributed by atoms with Gasteiger partial charge in [0.2, 0.25) is 0 Å². The fourth-order valence-electron chi connectivity index (χ4n) is 1.47. The third kappa shape index (κ3) is 2.70. The number of methoxy groups -OCH3 is 1. The van der Waals surface area contributed by atoms with E-state index in [0.717, 1.165) is 0 Å². The minimum atomic E-state index is -0.914. The molecular formula is C11H14O4. The number of carboxylic acids is 1. The van der Waals surface area contributed by atoms with Crippen LogP contribution in [0.3, 0.4) is 0 Å². The van der Waals surface area contributed by atoms with Crippen LogP contribution < -0.4 is 4.74 Å². The topological polar surface area (TPSA) is 55.8 Å². The van der Waals surface area contributed by atoms with Gasteiger partial charge in [0, 0.05) is 7.11 Å². The molecule has 0 radical (unpaired) electrons. The van der Waals surface area contributed by atoms with Crippen molar-refractivity contribution in [1.82, 2.24) is 0 Å². The Morgan fingerprint density at radius 3 is 2.27 bits per heavy atom. The summed E-state index contributed by atoms with van der Waals surface area (Å²) in [6.45, 7) is 3.65. The van der Waals surface area contributed by atoms with Crippen molar-refractivity contribution in [2.45, 2.75) is 13.8 Å². The molecule has 15 heavy (non-hydrogen) atoms. The fraction of sp³-hybridized carbons (Fsp3) is 0.364. The number of benzene rings is 1. The lowest BCUT2D eigenvalue weighted by atomic mass is 10.0. The zero-order valence-corrected chi connectivity index (χ0v) is 9.03. The average molecular weight is 210 g/mol. The predicted molar refractivity (Wildman–Crippen MR) is 55.4 cm³/mol. The van der Waals surface area contributed by atoms with Crippen LogP contribution in [-0.2, 0) is 4.74 Å². The molecule has 0 saturated heterocycles. The number of aryl methyl sites for hydroxylation is 2. The third-order valence-corrected chi connectivity index (χ3v) is 2.06. The number of carboxylic acid groups (broad SMARTS) is 1. The number of hydrogen-bond donors (Lipinski definition) is 1. The zero-order chi connectivity index (χ0) is 11.4. The first-order chi connectivity index (χ1) is 7.06. The van der Waals surface area contributed by atoms with Crippen molar-refractivity contribution in [3.8, 4) is 5.75 Å². The smallest absolute Gasteiger partial charge is 0.336 e. The molecule has 0 aliphatic rings. The van der Waals surface area contributed by atoms with Gasteiger partial charge in [0.05, 0.1) is 5.56 Å². The van der Waals surface area contributed by atoms with Gasteiger partial charge in [0.1, 0.15) is 5.75 Å². The summed E-state index contributed by atoms with van der Waals surface area (Å²) in [6.07, 6.45) is 0. The minimum absolute atomic E-state index is 0.158. The summed E-state index contributed by atoms with van der Waals surface area (Å²) in [5, 5.41) is 8.95. The highest BCUT2D eigenvalue weighted by Crippen LogP contribution is 2.21. The van der Waals surface area contributed by atoms with Gasteiger partial charge in [0.25, 0.3) is 0 Å². The monoisotopic (exact) mass is 210 g/mol. The summed E-state index contributed by atoms with van der Waals surface area (Å²) < 4.78 is 10.0. The highest BCUT2D eigenvalue weighted by atomic mass is 16.7. The lowest BCUT2D eigenvalue weighted by Crippen LogP contribution is -2.05. The highest BCUT2D eigenvalue weighted by molar-refractivity contribution is 5.91. The van der Waals surface area contributed by atoms with Crippen LogP contribution in [0, 0.1) is 13.8 Å². The van der Waals surface area contributed by atoms with Crippen LogP contribution in [0.25, 0.3) is 0 Å². The van der Waals surface area contributed by atoms with Gasteiger partial charge in [-0.3, -0.25) is 0 Å². The van der Waals surface area contributed by atoms with Crippen LogP contribution in [0.15, 0.2) is 12.1 Å². The van der Waals surface area contributed by atoms with E-state index in [1.165, 1.54) is 7.11 Å². The Labute approximate surface area is 88.4 Å². The number of hydrogen-bond acceptors (Lipinski definition) is 3. The number of carbonyl (C=O) groups is 1. The van der Waals surface area contributed by atoms with E-state index in [-0.39, 0.29) is 6.79 Å². The Morgan fingerprint density at radius 1 is 1.33 bits per heavy atom. The Balaban J connectivity index is 3.03. The first kappa shape index (κ1) is 11.5. The molecule has 0 aromatic heterocycles. The van der Waals surface area contributed by atoms with E-state index in [2.05, 4.69) is 0 Å². The molecule has 0 unspecified atom stereocenters. The maximum atomic E-state index is 10.9. The Morgan fingerprint density at radius 2 is 1.87 bits per heavy atom. The summed E-state index contributed by atoms with van der Waals surface area (Å²) in [4.78, 5) is 10.9. The van der Waals surface area contributed by atoms with E-state index in [1.807, 2.05) is 0 Å². The second-order valence-corrected chi connectivity index (χ2v) is 3.29. The van der Waals surface area contributed by atoms with Gasteiger partial charge in [0.15, 0.2) is 6.79 Å². The van der Waals surface area contributed by atoms with Crippen molar-refractivity contribution in [2.24, 2.45) is 0 Å². The lowest BCUT2D eigenvalue weighted by Gasteiger charge is -2.10. The lowest BCUT2D eigenvalue weighted by molar-refractivity contribution is 0.0510. The largest absolute Gasteiger partial charge is 0.478 e. The molecule has 0 heterocycles. The van der Waals surface area contributed by atoms with Gasteiger partial charge in [-0.05, 0) is 37.1 Å². The van der Waals surface area contributed by atoms with E-state index in [4.69, 9.17) is 14.6 Å². The molecule has 0 atom stereocenters. The number of rotatable bonds is 4. The van der Waals surface area contributed by atoms with Crippen LogP contribution in [0.5, 0.6) is 5.75 Å². The van der Waals surface area contributed by atoms with Gasteiger partial charge in [-0.1, -0.05) is 0 Å². The molecule has 0 aliphatic heterocycles. The average Bonchev–Trinajstić information content (AvgIpc) is 2.12. The van der Waals surface area contributed by atoms with E-state index in [0.29, 0.717) is 22.4 Å². The summed E-state index contributed by atoms with van der Waals surface area (Å²) >= 11 is 0. The number of aromatic carboxylic acids is 1.